The summed E-state index contributed by atoms with van der Waals surface area (Å²) in [5, 5.41) is 27.1. The molecule has 184 valence electrons. The van der Waals surface area contributed by atoms with Gasteiger partial charge in [0.2, 0.25) is 5.91 Å². The smallest absolute Gasteiger partial charge is 0.407 e. The lowest BCUT2D eigenvalue weighted by atomic mass is 9.46. The van der Waals surface area contributed by atoms with Crippen molar-refractivity contribution in [3.8, 4) is 0 Å². The number of fused-ring (bicyclic) bond motifs is 1. The molecule has 2 amide bonds. The Labute approximate surface area is 197 Å². The average Bonchev–Trinajstić information content (AvgIpc) is 2.77. The molecule has 0 bridgehead atoms. The lowest BCUT2D eigenvalue weighted by Gasteiger charge is -2.60. The fourth-order valence-corrected chi connectivity index (χ4v) is 6.25. The Morgan fingerprint density at radius 1 is 1.15 bits per heavy atom. The van der Waals surface area contributed by atoms with E-state index >= 15 is 0 Å². The Hall–Kier alpha value is -2.12. The van der Waals surface area contributed by atoms with Crippen LogP contribution in [0.2, 0.25) is 0 Å². The molecule has 7 heteroatoms. The molecule has 2 aliphatic carbocycles. The standard InChI is InChI=1S/C26H40N2O5/c1-17(2)28-24(32)33-22-12-13-25(3)19(20(30)10-11-21(25)26(22,4)16-29)14-23(31)27-15-18-8-6-5-7-9-18/h5-9,17,19-22,29-30H,10-16H2,1-4H3,(H,27,31)(H,28,32). The van der Waals surface area contributed by atoms with E-state index < -0.39 is 23.7 Å². The molecule has 2 fully saturated rings. The van der Waals surface area contributed by atoms with Crippen LogP contribution in [0.5, 0.6) is 0 Å². The lowest BCUT2D eigenvalue weighted by molar-refractivity contribution is -0.186. The van der Waals surface area contributed by atoms with Crippen molar-refractivity contribution < 1.29 is 24.5 Å². The van der Waals surface area contributed by atoms with Crippen LogP contribution in [0.4, 0.5) is 4.79 Å². The van der Waals surface area contributed by atoms with Crippen molar-refractivity contribution in [1.82, 2.24) is 10.6 Å². The van der Waals surface area contributed by atoms with Gasteiger partial charge >= 0.3 is 6.09 Å². The van der Waals surface area contributed by atoms with Gasteiger partial charge in [-0.05, 0) is 62.3 Å². The van der Waals surface area contributed by atoms with Gasteiger partial charge in [0.05, 0.1) is 12.7 Å². The zero-order valence-corrected chi connectivity index (χ0v) is 20.3. The third-order valence-corrected chi connectivity index (χ3v) is 8.07. The van der Waals surface area contributed by atoms with Crippen molar-refractivity contribution in [2.75, 3.05) is 6.61 Å². The fourth-order valence-electron chi connectivity index (χ4n) is 6.25. The quantitative estimate of drug-likeness (QED) is 0.499. The maximum absolute atomic E-state index is 12.8. The van der Waals surface area contributed by atoms with E-state index in [-0.39, 0.29) is 42.2 Å². The first kappa shape index (κ1) is 25.5. The van der Waals surface area contributed by atoms with Crippen molar-refractivity contribution in [2.24, 2.45) is 22.7 Å². The van der Waals surface area contributed by atoms with Gasteiger partial charge in [0.25, 0.3) is 0 Å². The first-order valence-electron chi connectivity index (χ1n) is 12.2. The third-order valence-electron chi connectivity index (χ3n) is 8.07. The van der Waals surface area contributed by atoms with Crippen LogP contribution in [-0.4, -0.2) is 47.1 Å². The van der Waals surface area contributed by atoms with Crippen LogP contribution < -0.4 is 10.6 Å². The van der Waals surface area contributed by atoms with E-state index in [1.54, 1.807) is 0 Å². The molecule has 6 unspecified atom stereocenters. The second kappa shape index (κ2) is 10.4. The van der Waals surface area contributed by atoms with E-state index in [1.165, 1.54) is 0 Å². The van der Waals surface area contributed by atoms with Gasteiger partial charge in [0.1, 0.15) is 6.10 Å². The number of aliphatic hydroxyl groups is 2. The van der Waals surface area contributed by atoms with Gasteiger partial charge in [0.15, 0.2) is 0 Å². The number of carbonyl (C=O) groups excluding carboxylic acids is 2. The van der Waals surface area contributed by atoms with E-state index in [4.69, 9.17) is 4.74 Å². The predicted octanol–water partition coefficient (Wildman–Crippen LogP) is 3.38. The molecule has 0 spiro atoms. The highest BCUT2D eigenvalue weighted by molar-refractivity contribution is 5.76. The fraction of sp³-hybridized carbons (Fsp3) is 0.692. The molecule has 0 saturated heterocycles. The first-order valence-corrected chi connectivity index (χ1v) is 12.2. The number of alkyl carbamates (subject to hydrolysis) is 1. The maximum Gasteiger partial charge on any atom is 0.407 e. The van der Waals surface area contributed by atoms with Crippen LogP contribution in [0.15, 0.2) is 30.3 Å². The monoisotopic (exact) mass is 460 g/mol. The largest absolute Gasteiger partial charge is 0.446 e. The Morgan fingerprint density at radius 2 is 1.85 bits per heavy atom. The summed E-state index contributed by atoms with van der Waals surface area (Å²) in [6.45, 7) is 8.20. The van der Waals surface area contributed by atoms with Crippen LogP contribution in [-0.2, 0) is 16.1 Å². The topological polar surface area (TPSA) is 108 Å². The Balaban J connectivity index is 1.73. The molecule has 0 aliphatic heterocycles. The molecule has 0 radical (unpaired) electrons. The highest BCUT2D eigenvalue weighted by Crippen LogP contribution is 2.61. The summed E-state index contributed by atoms with van der Waals surface area (Å²) in [6.07, 6.45) is 1.39. The normalized spacial score (nSPS) is 33.8. The lowest BCUT2D eigenvalue weighted by Crippen LogP contribution is -2.61. The Bertz CT molecular complexity index is 816. The van der Waals surface area contributed by atoms with Crippen molar-refractivity contribution >= 4 is 12.0 Å². The minimum Gasteiger partial charge on any atom is -0.446 e. The van der Waals surface area contributed by atoms with Crippen molar-refractivity contribution in [1.29, 1.82) is 0 Å². The van der Waals surface area contributed by atoms with Gasteiger partial charge in [-0.15, -0.1) is 0 Å². The summed E-state index contributed by atoms with van der Waals surface area (Å²) in [6, 6.07) is 9.73. The molecular weight excluding hydrogens is 420 g/mol. The number of rotatable bonds is 7. The van der Waals surface area contributed by atoms with Gasteiger partial charge in [-0.25, -0.2) is 4.79 Å². The zero-order chi connectivity index (χ0) is 24.2. The molecule has 33 heavy (non-hydrogen) atoms. The number of hydrogen-bond donors (Lipinski definition) is 4. The molecule has 3 rings (SSSR count). The van der Waals surface area contributed by atoms with Crippen LogP contribution >= 0.6 is 0 Å². The number of carbonyl (C=O) groups is 2. The molecule has 7 nitrogen and oxygen atoms in total. The molecule has 0 heterocycles. The van der Waals surface area contributed by atoms with Crippen molar-refractivity contribution in [3.05, 3.63) is 35.9 Å². The predicted molar refractivity (Wildman–Crippen MR) is 126 cm³/mol. The summed E-state index contributed by atoms with van der Waals surface area (Å²) < 4.78 is 5.78. The molecule has 2 saturated carbocycles. The van der Waals surface area contributed by atoms with Gasteiger partial charge in [-0.1, -0.05) is 44.2 Å². The number of benzene rings is 1. The zero-order valence-electron chi connectivity index (χ0n) is 20.3. The molecule has 2 aliphatic rings. The van der Waals surface area contributed by atoms with E-state index in [0.717, 1.165) is 18.4 Å². The van der Waals surface area contributed by atoms with E-state index in [1.807, 2.05) is 51.1 Å². The minimum atomic E-state index is -0.639. The molecule has 6 atom stereocenters. The Kier molecular flexibility index (Phi) is 8.06. The number of amides is 2. The van der Waals surface area contributed by atoms with Gasteiger partial charge < -0.3 is 25.6 Å². The molecular formula is C26H40N2O5. The summed E-state index contributed by atoms with van der Waals surface area (Å²) in [5.74, 6) is -0.274. The first-order chi connectivity index (χ1) is 15.6. The highest BCUT2D eigenvalue weighted by atomic mass is 16.6. The molecule has 1 aromatic rings. The van der Waals surface area contributed by atoms with Crippen molar-refractivity contribution in [2.45, 2.75) is 84.6 Å². The second-order valence-corrected chi connectivity index (χ2v) is 10.7. The summed E-state index contributed by atoms with van der Waals surface area (Å²) in [7, 11) is 0. The molecule has 1 aromatic carbocycles. The summed E-state index contributed by atoms with van der Waals surface area (Å²) >= 11 is 0. The Morgan fingerprint density at radius 3 is 2.48 bits per heavy atom. The van der Waals surface area contributed by atoms with Crippen molar-refractivity contribution in [3.63, 3.8) is 0 Å². The van der Waals surface area contributed by atoms with Gasteiger partial charge in [-0.3, -0.25) is 4.79 Å². The number of aliphatic hydroxyl groups excluding tert-OH is 2. The van der Waals surface area contributed by atoms with Crippen LogP contribution in [0.1, 0.15) is 65.4 Å². The number of nitrogens with one attached hydrogen (secondary N) is 2. The third kappa shape index (κ3) is 5.52. The van der Waals surface area contributed by atoms with E-state index in [0.29, 0.717) is 19.4 Å². The van der Waals surface area contributed by atoms with E-state index in [2.05, 4.69) is 17.6 Å². The van der Waals surface area contributed by atoms with E-state index in [9.17, 15) is 19.8 Å². The maximum atomic E-state index is 12.8. The number of ether oxygens (including phenoxy) is 1. The number of hydrogen-bond acceptors (Lipinski definition) is 5. The minimum absolute atomic E-state index is 0.0240. The average molecular weight is 461 g/mol. The molecule has 0 aromatic heterocycles. The van der Waals surface area contributed by atoms with Crippen LogP contribution in [0.3, 0.4) is 0 Å². The van der Waals surface area contributed by atoms with Gasteiger partial charge in [0, 0.05) is 24.4 Å². The highest BCUT2D eigenvalue weighted by Gasteiger charge is 2.60. The van der Waals surface area contributed by atoms with Gasteiger partial charge in [-0.2, -0.15) is 0 Å². The summed E-state index contributed by atoms with van der Waals surface area (Å²) in [4.78, 5) is 25.1. The SMILES string of the molecule is CC(C)NC(=O)OC1CCC2(C)C(CC(=O)NCc3ccccc3)C(O)CCC2C1(C)CO. The summed E-state index contributed by atoms with van der Waals surface area (Å²) in [5.41, 5.74) is 0.0534. The van der Waals surface area contributed by atoms with Crippen LogP contribution in [0, 0.1) is 22.7 Å². The molecule has 4 N–H and O–H groups in total. The van der Waals surface area contributed by atoms with Crippen LogP contribution in [0.25, 0.3) is 0 Å². The second-order valence-electron chi connectivity index (χ2n) is 10.7.